The molecule has 5 aliphatic carbocycles. The maximum absolute atomic E-state index is 12.3. The third-order valence-corrected chi connectivity index (χ3v) is 13.3. The summed E-state index contributed by atoms with van der Waals surface area (Å²) in [6.07, 6.45) is 13.2. The molecule has 8 atom stereocenters. The summed E-state index contributed by atoms with van der Waals surface area (Å²) in [7, 11) is 0. The molecule has 2 N–H and O–H groups in total. The van der Waals surface area contributed by atoms with E-state index in [1.54, 1.807) is 5.57 Å². The zero-order chi connectivity index (χ0) is 24.9. The van der Waals surface area contributed by atoms with Crippen molar-refractivity contribution in [3.63, 3.8) is 0 Å². The van der Waals surface area contributed by atoms with E-state index < -0.39 is 11.4 Å². The highest BCUT2D eigenvalue weighted by Crippen LogP contribution is 2.75. The Balaban J connectivity index is 1.57. The maximum atomic E-state index is 12.3. The third kappa shape index (κ3) is 2.83. The third-order valence-electron chi connectivity index (χ3n) is 13.3. The van der Waals surface area contributed by atoms with Gasteiger partial charge < -0.3 is 10.3 Å². The summed E-state index contributed by atoms with van der Waals surface area (Å²) in [4.78, 5) is 12.3. The van der Waals surface area contributed by atoms with Crippen molar-refractivity contribution in [1.82, 2.24) is 0 Å². The molecule has 0 radical (unpaired) electrons. The molecule has 0 aromatic rings. The summed E-state index contributed by atoms with van der Waals surface area (Å²) in [5.41, 5.74) is 2.78. The standard InChI is InChI=1S/C30H47NO3/c1-25(2)21-10-13-30(7)22(28(21,5)12-11-23(25)31-34)9-8-19-20-18-27(4,24(32)33)15-14-26(20,3)16-17-29(19,30)6/h8,20-22,34H,9-18H2,1-7H3,(H,32,33)/b31-23+/t20-,21-,22+,26+,27+,28-,29+,30+/m0/s1. The van der Waals surface area contributed by atoms with Gasteiger partial charge in [-0.3, -0.25) is 4.79 Å². The van der Waals surface area contributed by atoms with Gasteiger partial charge >= 0.3 is 5.97 Å². The molecule has 4 saturated carbocycles. The average molecular weight is 470 g/mol. The molecule has 0 aliphatic heterocycles. The second kappa shape index (κ2) is 7.13. The number of aliphatic carboxylic acids is 1. The highest BCUT2D eigenvalue weighted by molar-refractivity contribution is 5.90. The van der Waals surface area contributed by atoms with Gasteiger partial charge in [-0.05, 0) is 111 Å². The molecule has 0 heterocycles. The van der Waals surface area contributed by atoms with Gasteiger partial charge in [0.1, 0.15) is 0 Å². The molecule has 0 aromatic heterocycles. The van der Waals surface area contributed by atoms with Gasteiger partial charge in [0.25, 0.3) is 0 Å². The first kappa shape index (κ1) is 24.4. The minimum atomic E-state index is -0.610. The van der Waals surface area contributed by atoms with Crippen LogP contribution in [0.15, 0.2) is 16.8 Å². The van der Waals surface area contributed by atoms with Crippen LogP contribution in [-0.2, 0) is 4.79 Å². The highest BCUT2D eigenvalue weighted by atomic mass is 16.4. The lowest BCUT2D eigenvalue weighted by atomic mass is 9.33. The van der Waals surface area contributed by atoms with Crippen LogP contribution in [-0.4, -0.2) is 22.0 Å². The topological polar surface area (TPSA) is 69.9 Å². The first-order valence-corrected chi connectivity index (χ1v) is 13.8. The Morgan fingerprint density at radius 2 is 1.62 bits per heavy atom. The van der Waals surface area contributed by atoms with Crippen LogP contribution in [0.1, 0.15) is 113 Å². The van der Waals surface area contributed by atoms with E-state index in [0.29, 0.717) is 17.8 Å². The lowest BCUT2D eigenvalue weighted by Crippen LogP contribution is -2.64. The molecule has 34 heavy (non-hydrogen) atoms. The Morgan fingerprint density at radius 3 is 2.26 bits per heavy atom. The predicted octanol–water partition coefficient (Wildman–Crippen LogP) is 7.70. The molecule has 0 amide bonds. The van der Waals surface area contributed by atoms with Crippen LogP contribution in [0.3, 0.4) is 0 Å². The predicted molar refractivity (Wildman–Crippen MR) is 136 cm³/mol. The summed E-state index contributed by atoms with van der Waals surface area (Å²) in [5.74, 6) is 0.933. The molecule has 0 spiro atoms. The van der Waals surface area contributed by atoms with E-state index in [0.717, 1.165) is 44.2 Å². The van der Waals surface area contributed by atoms with E-state index in [-0.39, 0.29) is 27.1 Å². The first-order chi connectivity index (χ1) is 15.7. The molecule has 4 nitrogen and oxygen atoms in total. The lowest BCUT2D eigenvalue weighted by molar-refractivity contribution is -0.169. The van der Waals surface area contributed by atoms with Crippen LogP contribution in [0.5, 0.6) is 0 Å². The summed E-state index contributed by atoms with van der Waals surface area (Å²) in [5, 5.41) is 23.6. The lowest BCUT2D eigenvalue weighted by Gasteiger charge is -2.71. The van der Waals surface area contributed by atoms with Crippen LogP contribution < -0.4 is 0 Å². The van der Waals surface area contributed by atoms with E-state index in [9.17, 15) is 15.1 Å². The van der Waals surface area contributed by atoms with Gasteiger partial charge in [0.2, 0.25) is 0 Å². The van der Waals surface area contributed by atoms with Gasteiger partial charge in [-0.1, -0.05) is 58.3 Å². The van der Waals surface area contributed by atoms with Crippen molar-refractivity contribution in [2.24, 2.45) is 55.4 Å². The van der Waals surface area contributed by atoms with Crippen LogP contribution in [0.25, 0.3) is 0 Å². The molecule has 5 rings (SSSR count). The van der Waals surface area contributed by atoms with Gasteiger partial charge in [-0.15, -0.1) is 0 Å². The molecule has 4 heteroatoms. The van der Waals surface area contributed by atoms with Crippen LogP contribution in [0, 0.1) is 50.2 Å². The average Bonchev–Trinajstić information content (AvgIpc) is 2.75. The number of rotatable bonds is 1. The van der Waals surface area contributed by atoms with Gasteiger partial charge in [0.05, 0.1) is 11.1 Å². The maximum Gasteiger partial charge on any atom is 0.309 e. The number of carbonyl (C=O) groups is 1. The van der Waals surface area contributed by atoms with Crippen molar-refractivity contribution in [1.29, 1.82) is 0 Å². The van der Waals surface area contributed by atoms with Gasteiger partial charge in [0.15, 0.2) is 0 Å². The molecular weight excluding hydrogens is 422 g/mol. The van der Waals surface area contributed by atoms with Crippen molar-refractivity contribution < 1.29 is 15.1 Å². The summed E-state index contributed by atoms with van der Waals surface area (Å²) in [6.45, 7) is 16.7. The molecule has 0 saturated heterocycles. The fourth-order valence-corrected chi connectivity index (χ4v) is 10.5. The number of allylic oxidation sites excluding steroid dienone is 2. The van der Waals surface area contributed by atoms with Gasteiger partial charge in [-0.25, -0.2) is 0 Å². The van der Waals surface area contributed by atoms with Crippen LogP contribution in [0.4, 0.5) is 0 Å². The zero-order valence-electron chi connectivity index (χ0n) is 22.6. The smallest absolute Gasteiger partial charge is 0.309 e. The van der Waals surface area contributed by atoms with E-state index >= 15 is 0 Å². The second-order valence-corrected chi connectivity index (χ2v) is 14.8. The Labute approximate surface area is 206 Å². The SMILES string of the molecule is CC1(C)/C(=N/O)CC[C@]2(C)[C@H]3CC=C4[C@@H]5C[C@](C)(C(=O)O)CC[C@]5(C)CC[C@@]4(C)[C@]3(C)CC[C@@H]12. The number of carboxylic acid groups (broad SMARTS) is 1. The number of hydrogen-bond acceptors (Lipinski definition) is 3. The minimum absolute atomic E-state index is 0.0637. The Bertz CT molecular complexity index is 966. The zero-order valence-corrected chi connectivity index (χ0v) is 22.6. The summed E-state index contributed by atoms with van der Waals surface area (Å²) >= 11 is 0. The first-order valence-electron chi connectivity index (χ1n) is 13.8. The van der Waals surface area contributed by atoms with Gasteiger partial charge in [0, 0.05) is 5.41 Å². The number of fused-ring (bicyclic) bond motifs is 7. The normalized spacial score (nSPS) is 53.1. The van der Waals surface area contributed by atoms with E-state index in [1.165, 1.54) is 25.7 Å². The van der Waals surface area contributed by atoms with Crippen molar-refractivity contribution in [3.05, 3.63) is 11.6 Å². The summed E-state index contributed by atoms with van der Waals surface area (Å²) < 4.78 is 0. The molecule has 5 aliphatic rings. The largest absolute Gasteiger partial charge is 0.481 e. The Hall–Kier alpha value is -1.32. The Morgan fingerprint density at radius 1 is 0.941 bits per heavy atom. The van der Waals surface area contributed by atoms with E-state index in [1.807, 2.05) is 6.92 Å². The number of carboxylic acids is 1. The van der Waals surface area contributed by atoms with Gasteiger partial charge in [-0.2, -0.15) is 0 Å². The van der Waals surface area contributed by atoms with E-state index in [4.69, 9.17) is 0 Å². The molecule has 0 bridgehead atoms. The summed E-state index contributed by atoms with van der Waals surface area (Å²) in [6, 6.07) is 0. The number of oxime groups is 1. The molecule has 190 valence electrons. The quantitative estimate of drug-likeness (QED) is 0.235. The number of nitrogens with zero attached hydrogens (tertiary/aromatic N) is 1. The van der Waals surface area contributed by atoms with Crippen molar-refractivity contribution in [3.8, 4) is 0 Å². The molecule has 0 aromatic carbocycles. The fraction of sp³-hybridized carbons (Fsp3) is 0.867. The van der Waals surface area contributed by atoms with E-state index in [2.05, 4.69) is 52.8 Å². The van der Waals surface area contributed by atoms with Crippen LogP contribution in [0.2, 0.25) is 0 Å². The molecule has 0 unspecified atom stereocenters. The van der Waals surface area contributed by atoms with Crippen LogP contribution >= 0.6 is 0 Å². The minimum Gasteiger partial charge on any atom is -0.481 e. The number of hydrogen-bond donors (Lipinski definition) is 2. The second-order valence-electron chi connectivity index (χ2n) is 14.8. The fourth-order valence-electron chi connectivity index (χ4n) is 10.5. The molecular formula is C30H47NO3. The Kier molecular flexibility index (Phi) is 5.11. The highest BCUT2D eigenvalue weighted by Gasteiger charge is 2.68. The van der Waals surface area contributed by atoms with Crippen molar-refractivity contribution >= 4 is 11.7 Å². The molecule has 4 fully saturated rings. The monoisotopic (exact) mass is 469 g/mol. The van der Waals surface area contributed by atoms with Crippen molar-refractivity contribution in [2.75, 3.05) is 0 Å². The van der Waals surface area contributed by atoms with Crippen molar-refractivity contribution in [2.45, 2.75) is 113 Å².